The van der Waals surface area contributed by atoms with Gasteiger partial charge < -0.3 is 9.30 Å². The molecule has 0 bridgehead atoms. The average molecular weight is 271 g/mol. The molecule has 2 aromatic rings. The van der Waals surface area contributed by atoms with Gasteiger partial charge in [-0.15, -0.1) is 0 Å². The second-order valence-corrected chi connectivity index (χ2v) is 5.94. The largest absolute Gasteiger partial charge is 0.306 e. The van der Waals surface area contributed by atoms with Crippen molar-refractivity contribution in [3.8, 4) is 0 Å². The lowest BCUT2D eigenvalue weighted by atomic mass is 9.94. The highest BCUT2D eigenvalue weighted by Crippen LogP contribution is 2.27. The molecule has 1 fully saturated rings. The average Bonchev–Trinajstić information content (AvgIpc) is 2.90. The summed E-state index contributed by atoms with van der Waals surface area (Å²) in [4.78, 5) is 18.1. The summed E-state index contributed by atoms with van der Waals surface area (Å²) in [6.07, 6.45) is 7.24. The second-order valence-electron chi connectivity index (χ2n) is 5.94. The fourth-order valence-corrected chi connectivity index (χ4v) is 3.01. The Morgan fingerprint density at radius 1 is 1.35 bits per heavy atom. The van der Waals surface area contributed by atoms with Crippen LogP contribution in [0.25, 0.3) is 5.65 Å². The molecule has 4 nitrogen and oxygen atoms in total. The van der Waals surface area contributed by atoms with Gasteiger partial charge >= 0.3 is 0 Å². The fourth-order valence-electron chi connectivity index (χ4n) is 3.01. The molecule has 0 radical (unpaired) electrons. The number of aromatic nitrogens is 2. The van der Waals surface area contributed by atoms with Crippen molar-refractivity contribution in [2.24, 2.45) is 0 Å². The highest BCUT2D eigenvalue weighted by Gasteiger charge is 2.24. The topological polar surface area (TPSA) is 37.6 Å². The van der Waals surface area contributed by atoms with Gasteiger partial charge in [-0.05, 0) is 45.4 Å². The van der Waals surface area contributed by atoms with Gasteiger partial charge in [0, 0.05) is 36.5 Å². The Labute approximate surface area is 119 Å². The van der Waals surface area contributed by atoms with Crippen molar-refractivity contribution >= 4 is 11.9 Å². The summed E-state index contributed by atoms with van der Waals surface area (Å²) in [7, 11) is 0. The number of carbonyl (C=O) groups is 1. The lowest BCUT2D eigenvalue weighted by molar-refractivity contribution is 0.112. The number of hydrogen-bond acceptors (Lipinski definition) is 3. The molecular formula is C16H21N3O. The van der Waals surface area contributed by atoms with Gasteiger partial charge in [-0.3, -0.25) is 4.79 Å². The van der Waals surface area contributed by atoms with Crippen LogP contribution in [-0.2, 0) is 0 Å². The fraction of sp³-hybridized carbons (Fsp3) is 0.500. The molecule has 1 unspecified atom stereocenters. The number of nitrogens with zero attached hydrogens (tertiary/aromatic N) is 3. The molecule has 0 saturated carbocycles. The van der Waals surface area contributed by atoms with E-state index < -0.39 is 0 Å². The van der Waals surface area contributed by atoms with E-state index >= 15 is 0 Å². The maximum absolute atomic E-state index is 10.8. The summed E-state index contributed by atoms with van der Waals surface area (Å²) in [5.41, 5.74) is 2.76. The lowest BCUT2D eigenvalue weighted by Crippen LogP contribution is -2.39. The Hall–Kier alpha value is -1.68. The predicted molar refractivity (Wildman–Crippen MR) is 79.3 cm³/mol. The van der Waals surface area contributed by atoms with Gasteiger partial charge in [-0.2, -0.15) is 0 Å². The van der Waals surface area contributed by atoms with E-state index in [1.807, 2.05) is 22.7 Å². The minimum Gasteiger partial charge on any atom is -0.306 e. The number of piperidine rings is 1. The number of imidazole rings is 1. The van der Waals surface area contributed by atoms with Gasteiger partial charge in [-0.25, -0.2) is 4.98 Å². The van der Waals surface area contributed by atoms with Crippen LogP contribution in [0.1, 0.15) is 48.7 Å². The molecule has 4 heteroatoms. The number of aldehydes is 1. The molecule has 1 saturated heterocycles. The Morgan fingerprint density at radius 2 is 2.20 bits per heavy atom. The van der Waals surface area contributed by atoms with Gasteiger partial charge in [0.2, 0.25) is 0 Å². The molecule has 0 spiro atoms. The molecule has 1 aliphatic rings. The van der Waals surface area contributed by atoms with Crippen LogP contribution in [0.15, 0.2) is 24.5 Å². The minimum atomic E-state index is 0.505. The maximum Gasteiger partial charge on any atom is 0.151 e. The quantitative estimate of drug-likeness (QED) is 0.806. The second kappa shape index (κ2) is 5.37. The smallest absolute Gasteiger partial charge is 0.151 e. The summed E-state index contributed by atoms with van der Waals surface area (Å²) in [5.74, 6) is 0.505. The first-order chi connectivity index (χ1) is 9.67. The van der Waals surface area contributed by atoms with Crippen molar-refractivity contribution in [2.75, 3.05) is 13.1 Å². The number of rotatable bonds is 3. The Bertz CT molecular complexity index is 617. The highest BCUT2D eigenvalue weighted by molar-refractivity contribution is 5.74. The van der Waals surface area contributed by atoms with Crippen LogP contribution in [0, 0.1) is 0 Å². The molecule has 1 atom stereocenters. The number of carbonyl (C=O) groups excluding carboxylic acids is 1. The van der Waals surface area contributed by atoms with Crippen LogP contribution < -0.4 is 0 Å². The van der Waals surface area contributed by atoms with E-state index in [4.69, 9.17) is 4.98 Å². The SMILES string of the molecule is CC(C)N1CCCC(c2cn3cc(C=O)ccc3n2)C1. The zero-order valence-corrected chi connectivity index (χ0v) is 12.1. The van der Waals surface area contributed by atoms with E-state index in [1.54, 1.807) is 0 Å². The maximum atomic E-state index is 10.8. The van der Waals surface area contributed by atoms with E-state index in [-0.39, 0.29) is 0 Å². The van der Waals surface area contributed by atoms with Gasteiger partial charge in [0.15, 0.2) is 6.29 Å². The molecule has 106 valence electrons. The number of hydrogen-bond donors (Lipinski definition) is 0. The van der Waals surface area contributed by atoms with Crippen LogP contribution in [0.5, 0.6) is 0 Å². The molecule has 3 heterocycles. The van der Waals surface area contributed by atoms with E-state index in [0.29, 0.717) is 17.5 Å². The summed E-state index contributed by atoms with van der Waals surface area (Å²) in [5, 5.41) is 0. The third-order valence-corrected chi connectivity index (χ3v) is 4.23. The molecule has 1 aliphatic heterocycles. The van der Waals surface area contributed by atoms with E-state index in [9.17, 15) is 4.79 Å². The third-order valence-electron chi connectivity index (χ3n) is 4.23. The van der Waals surface area contributed by atoms with E-state index in [2.05, 4.69) is 24.9 Å². The lowest BCUT2D eigenvalue weighted by Gasteiger charge is -2.34. The molecule has 20 heavy (non-hydrogen) atoms. The van der Waals surface area contributed by atoms with Crippen molar-refractivity contribution in [3.63, 3.8) is 0 Å². The van der Waals surface area contributed by atoms with Gasteiger partial charge in [0.1, 0.15) is 5.65 Å². The van der Waals surface area contributed by atoms with Crippen molar-refractivity contribution in [3.05, 3.63) is 35.8 Å². The Balaban J connectivity index is 1.88. The monoisotopic (exact) mass is 271 g/mol. The molecular weight excluding hydrogens is 250 g/mol. The molecule has 0 aromatic carbocycles. The van der Waals surface area contributed by atoms with E-state index in [1.165, 1.54) is 19.4 Å². The van der Waals surface area contributed by atoms with Gasteiger partial charge in [-0.1, -0.05) is 0 Å². The van der Waals surface area contributed by atoms with Crippen LogP contribution in [0.4, 0.5) is 0 Å². The number of likely N-dealkylation sites (tertiary alicyclic amines) is 1. The van der Waals surface area contributed by atoms with Crippen molar-refractivity contribution in [1.29, 1.82) is 0 Å². The first-order valence-corrected chi connectivity index (χ1v) is 7.35. The Kier molecular flexibility index (Phi) is 3.57. The Morgan fingerprint density at radius 3 is 2.95 bits per heavy atom. The van der Waals surface area contributed by atoms with Crippen LogP contribution in [-0.4, -0.2) is 39.7 Å². The van der Waals surface area contributed by atoms with Gasteiger partial charge in [0.25, 0.3) is 0 Å². The first kappa shape index (κ1) is 13.3. The molecule has 2 aromatic heterocycles. The van der Waals surface area contributed by atoms with Crippen LogP contribution in [0.2, 0.25) is 0 Å². The molecule has 0 amide bonds. The molecule has 0 aliphatic carbocycles. The standard InChI is InChI=1S/C16H21N3O/c1-12(2)18-7-3-4-14(9-18)15-10-19-8-13(11-20)5-6-16(19)17-15/h5-6,8,10-12,14H,3-4,7,9H2,1-2H3. The summed E-state index contributed by atoms with van der Waals surface area (Å²) < 4.78 is 1.97. The zero-order valence-electron chi connectivity index (χ0n) is 12.1. The van der Waals surface area contributed by atoms with Crippen molar-refractivity contribution in [2.45, 2.75) is 38.6 Å². The number of fused-ring (bicyclic) bond motifs is 1. The minimum absolute atomic E-state index is 0.505. The normalized spacial score (nSPS) is 20.6. The summed E-state index contributed by atoms with van der Waals surface area (Å²) >= 11 is 0. The molecule has 3 rings (SSSR count). The highest BCUT2D eigenvalue weighted by atomic mass is 16.1. The zero-order chi connectivity index (χ0) is 14.1. The van der Waals surface area contributed by atoms with Gasteiger partial charge in [0.05, 0.1) is 5.69 Å². The summed E-state index contributed by atoms with van der Waals surface area (Å²) in [6, 6.07) is 4.33. The van der Waals surface area contributed by atoms with Crippen LogP contribution in [0.3, 0.4) is 0 Å². The molecule has 0 N–H and O–H groups in total. The number of pyridine rings is 1. The van der Waals surface area contributed by atoms with Crippen molar-refractivity contribution in [1.82, 2.24) is 14.3 Å². The first-order valence-electron chi connectivity index (χ1n) is 7.35. The van der Waals surface area contributed by atoms with E-state index in [0.717, 1.165) is 24.2 Å². The summed E-state index contributed by atoms with van der Waals surface area (Å²) in [6.45, 7) is 6.78. The van der Waals surface area contributed by atoms with Crippen molar-refractivity contribution < 1.29 is 4.79 Å². The third kappa shape index (κ3) is 2.48. The van der Waals surface area contributed by atoms with Crippen LogP contribution >= 0.6 is 0 Å². The predicted octanol–water partition coefficient (Wildman–Crippen LogP) is 2.73.